The maximum Gasteiger partial charge on any atom is 0.236 e. The highest BCUT2D eigenvalue weighted by Crippen LogP contribution is 2.59. The van der Waals surface area contributed by atoms with Crippen molar-refractivity contribution in [2.75, 3.05) is 14.7 Å². The van der Waals surface area contributed by atoms with Gasteiger partial charge in [0.25, 0.3) is 0 Å². The van der Waals surface area contributed by atoms with Crippen LogP contribution in [0.3, 0.4) is 0 Å². The van der Waals surface area contributed by atoms with Crippen LogP contribution in [0.1, 0.15) is 0 Å². The van der Waals surface area contributed by atoms with Gasteiger partial charge in [-0.3, -0.25) is 14.7 Å². The molecule has 0 amide bonds. The first kappa shape index (κ1) is 81.8. The summed E-state index contributed by atoms with van der Waals surface area (Å²) in [5.41, 5.74) is 31.4. The van der Waals surface area contributed by atoms with Gasteiger partial charge in [0, 0.05) is 82.2 Å². The van der Waals surface area contributed by atoms with Gasteiger partial charge in [-0.25, -0.2) is 29.9 Å². The van der Waals surface area contributed by atoms with Crippen molar-refractivity contribution in [3.8, 4) is 84.0 Å². The maximum atomic E-state index is 6.72. The second-order valence-corrected chi connectivity index (χ2v) is 38.1. The van der Waals surface area contributed by atoms with Crippen molar-refractivity contribution in [2.24, 2.45) is 0 Å². The van der Waals surface area contributed by atoms with Gasteiger partial charge in [0.05, 0.1) is 45.2 Å². The van der Waals surface area contributed by atoms with Gasteiger partial charge in [-0.05, 0) is 201 Å². The Labute approximate surface area is 839 Å². The lowest BCUT2D eigenvalue weighted by Gasteiger charge is -2.32. The number of hydrogen-bond acceptors (Lipinski definition) is 12. The molecule has 13 heteroatoms. The molecule has 0 bridgehead atoms. The van der Waals surface area contributed by atoms with Crippen LogP contribution in [0.5, 0.6) is 0 Å². The van der Waals surface area contributed by atoms with Crippen molar-refractivity contribution >= 4 is 226 Å². The van der Waals surface area contributed by atoms with Gasteiger partial charge in [0.15, 0.2) is 16.7 Å². The van der Waals surface area contributed by atoms with Crippen molar-refractivity contribution in [1.82, 2.24) is 34.5 Å². The first-order chi connectivity index (χ1) is 72.9. The Bertz CT molecular complexity index is 10800. The molecule has 0 fully saturated rings. The van der Waals surface area contributed by atoms with Crippen molar-refractivity contribution in [2.45, 2.75) is 0 Å². The fourth-order valence-corrected chi connectivity index (χ4v) is 23.7. The lowest BCUT2D eigenvalue weighted by molar-refractivity contribution is 0.667. The van der Waals surface area contributed by atoms with E-state index in [2.05, 4.69) is 438 Å². The molecule has 0 saturated carbocycles. The van der Waals surface area contributed by atoms with E-state index in [4.69, 9.17) is 43.2 Å². The lowest BCUT2D eigenvalue weighted by atomic mass is 9.88. The van der Waals surface area contributed by atoms with Crippen molar-refractivity contribution < 1.29 is 13.3 Å². The van der Waals surface area contributed by atoms with E-state index in [-0.39, 0.29) is 0 Å². The minimum absolute atomic E-state index is 0.599. The zero-order valence-corrected chi connectivity index (χ0v) is 78.7. The Kier molecular flexibility index (Phi) is 17.9. The third-order valence-corrected chi connectivity index (χ3v) is 30.1. The second-order valence-electron chi connectivity index (χ2n) is 38.1. The molecule has 23 aromatic carbocycles. The molecule has 13 nitrogen and oxygen atoms in total. The monoisotopic (exact) mass is 1870 g/mol. The molecular weight excluding hydrogens is 1800 g/mol. The van der Waals surface area contributed by atoms with E-state index in [1.54, 1.807) is 0 Å². The number of para-hydroxylation sites is 5. The smallest absolute Gasteiger partial charge is 0.236 e. The summed E-state index contributed by atoms with van der Waals surface area (Å²) in [4.78, 5) is 39.2. The molecule has 0 atom stereocenters. The fraction of sp³-hybridized carbons (Fsp3) is 0. The first-order valence-electron chi connectivity index (χ1n) is 49.7. The highest BCUT2D eigenvalue weighted by Gasteiger charge is 2.37. The molecule has 0 N–H and O–H groups in total. The lowest BCUT2D eigenvalue weighted by Crippen LogP contribution is -2.18. The van der Waals surface area contributed by atoms with E-state index in [0.29, 0.717) is 34.6 Å². The largest absolute Gasteiger partial charge is 0.452 e. The molecule has 10 heterocycles. The van der Waals surface area contributed by atoms with Gasteiger partial charge >= 0.3 is 0 Å². The van der Waals surface area contributed by atoms with Gasteiger partial charge in [0.1, 0.15) is 50.4 Å². The Morgan fingerprint density at radius 3 is 0.973 bits per heavy atom. The first-order valence-corrected chi connectivity index (χ1v) is 49.7. The van der Waals surface area contributed by atoms with Crippen LogP contribution < -0.4 is 14.7 Å². The summed E-state index contributed by atoms with van der Waals surface area (Å²) in [6, 6.07) is 167. The average molecular weight is 1880 g/mol. The van der Waals surface area contributed by atoms with Crippen LogP contribution in [0.25, 0.3) is 258 Å². The van der Waals surface area contributed by atoms with Crippen molar-refractivity contribution in [3.63, 3.8) is 0 Å². The quantitative estimate of drug-likeness (QED) is 0.143. The molecule has 147 heavy (non-hydrogen) atoms. The Morgan fingerprint density at radius 2 is 0.497 bits per heavy atom. The number of benzene rings is 23. The number of anilines is 9. The predicted octanol–water partition coefficient (Wildman–Crippen LogP) is 36.5. The number of furan rings is 3. The highest BCUT2D eigenvalue weighted by atomic mass is 16.3. The molecule has 33 rings (SSSR count). The number of aromatic nitrogens is 7. The average Bonchev–Trinajstić information content (AvgIpc) is 1.55. The topological polar surface area (TPSA) is 131 Å². The molecule has 3 aliphatic heterocycles. The SMILES string of the molecule is c1ccc(-n2c3ccccc3c3c(-c4nc(N5c6ccc7ccccc7c6-c6cccc7cccc5c67)nc5c4oc4ccccc45)cccc32)cc1.c1ccc2c(-c3nc(N4c5ccc6ccccc6c5-c5cccc6cccc4c56)nc4c3oc3ccccc34)cccc2c1.c1ccc2cc(-c3ccc(-c4nc(N5c6ccc7ccccc7c6-c6cccc7cccc5c67)nc5c4oc4ccccc45)cc3)ccc2c1. The summed E-state index contributed by atoms with van der Waals surface area (Å²) in [6.45, 7) is 0. The van der Waals surface area contributed by atoms with E-state index >= 15 is 0 Å². The zero-order chi connectivity index (χ0) is 96.2. The minimum atomic E-state index is 0.599. The van der Waals surface area contributed by atoms with Crippen LogP contribution in [-0.2, 0) is 0 Å². The van der Waals surface area contributed by atoms with E-state index in [1.807, 2.05) is 54.6 Å². The molecular formula is C134H78N10O3. The number of nitrogens with zero attached hydrogens (tertiary/aromatic N) is 10. The van der Waals surface area contributed by atoms with Crippen molar-refractivity contribution in [1.29, 1.82) is 0 Å². The molecule has 0 saturated heterocycles. The highest BCUT2D eigenvalue weighted by molar-refractivity contribution is 6.26. The summed E-state index contributed by atoms with van der Waals surface area (Å²) in [5, 5.41) is 24.3. The molecule has 3 aliphatic rings. The summed E-state index contributed by atoms with van der Waals surface area (Å²) >= 11 is 0. The summed E-state index contributed by atoms with van der Waals surface area (Å²) in [5.74, 6) is 1.82. The number of hydrogen-bond donors (Lipinski definition) is 0. The van der Waals surface area contributed by atoms with Gasteiger partial charge in [-0.1, -0.05) is 370 Å². The second kappa shape index (κ2) is 32.3. The van der Waals surface area contributed by atoms with E-state index in [0.717, 1.165) is 161 Å². The van der Waals surface area contributed by atoms with Crippen LogP contribution in [0.15, 0.2) is 486 Å². The molecule has 0 aliphatic carbocycles. The predicted molar refractivity (Wildman–Crippen MR) is 605 cm³/mol. The normalized spacial score (nSPS) is 12.4. The van der Waals surface area contributed by atoms with Gasteiger partial charge in [-0.15, -0.1) is 0 Å². The Morgan fingerprint density at radius 1 is 0.177 bits per heavy atom. The Balaban J connectivity index is 0.000000100. The van der Waals surface area contributed by atoms with Crippen LogP contribution >= 0.6 is 0 Å². The number of rotatable bonds is 8. The molecule has 7 aromatic heterocycles. The third-order valence-electron chi connectivity index (χ3n) is 30.1. The number of fused-ring (bicyclic) bond motifs is 26. The molecule has 0 radical (unpaired) electrons. The van der Waals surface area contributed by atoms with Crippen LogP contribution in [-0.4, -0.2) is 34.5 Å². The van der Waals surface area contributed by atoms with Crippen LogP contribution in [0, 0.1) is 0 Å². The molecule has 682 valence electrons. The van der Waals surface area contributed by atoms with E-state index < -0.39 is 0 Å². The zero-order valence-electron chi connectivity index (χ0n) is 78.7. The van der Waals surface area contributed by atoms with Gasteiger partial charge < -0.3 is 17.8 Å². The van der Waals surface area contributed by atoms with E-state index in [9.17, 15) is 0 Å². The Hall–Kier alpha value is -20.0. The third kappa shape index (κ3) is 12.5. The van der Waals surface area contributed by atoms with E-state index in [1.165, 1.54) is 114 Å². The maximum absolute atomic E-state index is 6.72. The summed E-state index contributed by atoms with van der Waals surface area (Å²) in [6.07, 6.45) is 0. The summed E-state index contributed by atoms with van der Waals surface area (Å²) in [7, 11) is 0. The van der Waals surface area contributed by atoms with Crippen LogP contribution in [0.4, 0.5) is 52.0 Å². The molecule has 0 unspecified atom stereocenters. The summed E-state index contributed by atoms with van der Waals surface area (Å²) < 4.78 is 22.1. The van der Waals surface area contributed by atoms with Gasteiger partial charge in [0.2, 0.25) is 17.8 Å². The minimum Gasteiger partial charge on any atom is -0.452 e. The molecule has 30 aromatic rings. The molecule has 0 spiro atoms. The standard InChI is InChI=1S/C48H28N4O.C46H27N3O.C40H23N3O/c1-2-16-31(17-3-1)51-37-23-8-6-19-33(37)44-36(22-12-25-39(44)51)46-47-45(34-20-7-9-26-41(34)53-47)49-48(50-46)52-38-24-11-15-30-14-10-21-35(42(30)38)43-32-18-5-4-13-29(32)27-28-40(43)52;1-2-11-33-27-34(24-21-28(33)9-1)29-19-22-32(23-20-29)43-45-44(36-15-5-6-18-40(36)50-45)48-46(47-43)49-38-17-8-13-31-12-7-16-37(41(31)38)42-35-14-4-3-10-30(35)25-26-39(42)49;1-3-15-27-24(10-1)12-7-18-29(27)37-39-38(30-17-5-6-21-34(30)44-39)42-40(41-37)43-32-20-9-14-26-13-8-19-31(35(26)32)36-28-16-4-2-11-25(28)22-23-33(36)43/h1-28H;1-27H;1-23H. The van der Waals surface area contributed by atoms with Crippen LogP contribution in [0.2, 0.25) is 0 Å². The van der Waals surface area contributed by atoms with Crippen molar-refractivity contribution in [3.05, 3.63) is 473 Å². The van der Waals surface area contributed by atoms with Gasteiger partial charge in [-0.2, -0.15) is 0 Å². The fourth-order valence-electron chi connectivity index (χ4n) is 23.7.